The van der Waals surface area contributed by atoms with Crippen molar-refractivity contribution in [2.24, 2.45) is 5.73 Å². The Kier molecular flexibility index (Phi) is 3.70. The van der Waals surface area contributed by atoms with E-state index in [2.05, 4.69) is 9.72 Å². The minimum atomic E-state index is -0.695. The number of methoxy groups -OCH3 is 1. The number of carbonyl (C=O) groups excluding carboxylic acids is 1. The number of aromatic nitrogens is 2. The van der Waals surface area contributed by atoms with Crippen molar-refractivity contribution in [3.63, 3.8) is 0 Å². The van der Waals surface area contributed by atoms with Crippen molar-refractivity contribution in [1.29, 1.82) is 0 Å². The van der Waals surface area contributed by atoms with Gasteiger partial charge in [0.2, 0.25) is 0 Å². The van der Waals surface area contributed by atoms with Crippen molar-refractivity contribution in [1.82, 2.24) is 9.55 Å². The predicted octanol–water partition coefficient (Wildman–Crippen LogP) is 0.681. The molecule has 0 spiro atoms. The minimum Gasteiger partial charge on any atom is -0.468 e. The lowest BCUT2D eigenvalue weighted by atomic mass is 9.81. The summed E-state index contributed by atoms with van der Waals surface area (Å²) < 4.78 is 6.65. The van der Waals surface area contributed by atoms with E-state index in [4.69, 9.17) is 5.73 Å². The fourth-order valence-corrected chi connectivity index (χ4v) is 1.69. The zero-order valence-corrected chi connectivity index (χ0v) is 10.2. The number of ether oxygens (including phenoxy) is 1. The summed E-state index contributed by atoms with van der Waals surface area (Å²) in [6.45, 7) is 6.65. The van der Waals surface area contributed by atoms with Crippen molar-refractivity contribution in [3.05, 3.63) is 18.2 Å². The minimum absolute atomic E-state index is 0.408. The Morgan fingerprint density at radius 2 is 2.31 bits per heavy atom. The molecule has 0 amide bonds. The van der Waals surface area contributed by atoms with Gasteiger partial charge in [-0.05, 0) is 6.92 Å². The van der Waals surface area contributed by atoms with Crippen molar-refractivity contribution < 1.29 is 9.53 Å². The average Bonchev–Trinajstić information content (AvgIpc) is 2.75. The number of nitrogens with zero attached hydrogens (tertiary/aromatic N) is 2. The highest BCUT2D eigenvalue weighted by Crippen LogP contribution is 2.26. The largest absolute Gasteiger partial charge is 0.468 e. The van der Waals surface area contributed by atoms with Gasteiger partial charge in [0.25, 0.3) is 0 Å². The van der Waals surface area contributed by atoms with Crippen LogP contribution in [-0.4, -0.2) is 28.7 Å². The van der Waals surface area contributed by atoms with E-state index < -0.39 is 17.4 Å². The van der Waals surface area contributed by atoms with Crippen molar-refractivity contribution >= 4 is 5.97 Å². The van der Waals surface area contributed by atoms with Gasteiger partial charge in [0.15, 0.2) is 0 Å². The van der Waals surface area contributed by atoms with E-state index in [0.29, 0.717) is 0 Å². The monoisotopic (exact) mass is 225 g/mol. The van der Waals surface area contributed by atoms with Crippen molar-refractivity contribution in [2.45, 2.75) is 38.8 Å². The van der Waals surface area contributed by atoms with E-state index in [9.17, 15) is 4.79 Å². The van der Waals surface area contributed by atoms with Crippen LogP contribution in [0.25, 0.3) is 0 Å². The van der Waals surface area contributed by atoms with Gasteiger partial charge in [-0.15, -0.1) is 0 Å². The molecule has 5 heteroatoms. The molecule has 0 aliphatic carbocycles. The Morgan fingerprint density at radius 3 is 2.81 bits per heavy atom. The number of esters is 1. The maximum atomic E-state index is 11.5. The quantitative estimate of drug-likeness (QED) is 0.765. The first-order valence-corrected chi connectivity index (χ1v) is 5.29. The number of hydrogen-bond acceptors (Lipinski definition) is 4. The molecule has 0 saturated carbocycles. The number of carbonyl (C=O) groups is 1. The van der Waals surface area contributed by atoms with E-state index in [1.165, 1.54) is 7.11 Å². The molecule has 0 bridgehead atoms. The third-order valence-electron chi connectivity index (χ3n) is 2.95. The van der Waals surface area contributed by atoms with E-state index in [0.717, 1.165) is 12.2 Å². The second kappa shape index (κ2) is 4.65. The molecule has 0 saturated heterocycles. The Hall–Kier alpha value is -1.36. The molecular formula is C11H19N3O2. The molecule has 0 aliphatic rings. The summed E-state index contributed by atoms with van der Waals surface area (Å²) in [6, 6.07) is -0.695. The topological polar surface area (TPSA) is 70.1 Å². The molecule has 1 rings (SSSR count). The Balaban J connectivity index is 3.05. The molecule has 1 aromatic rings. The van der Waals surface area contributed by atoms with Crippen LogP contribution in [-0.2, 0) is 21.5 Å². The Bertz CT molecular complexity index is 371. The van der Waals surface area contributed by atoms with Crippen LogP contribution < -0.4 is 5.73 Å². The predicted molar refractivity (Wildman–Crippen MR) is 60.9 cm³/mol. The molecule has 5 nitrogen and oxygen atoms in total. The standard InChI is InChI=1S/C11H19N3O2/c1-5-14-7-13-6-8(14)11(2,3)9(12)10(15)16-4/h6-7,9H,5,12H2,1-4H3. The number of nitrogens with two attached hydrogens (primary N) is 1. The second-order valence-electron chi connectivity index (χ2n) is 4.29. The molecule has 0 aliphatic heterocycles. The summed E-state index contributed by atoms with van der Waals surface area (Å²) in [5, 5.41) is 0. The average molecular weight is 225 g/mol. The molecule has 1 unspecified atom stereocenters. The molecule has 16 heavy (non-hydrogen) atoms. The molecule has 0 fully saturated rings. The fraction of sp³-hybridized carbons (Fsp3) is 0.636. The lowest BCUT2D eigenvalue weighted by Crippen LogP contribution is -2.48. The first-order valence-electron chi connectivity index (χ1n) is 5.29. The van der Waals surface area contributed by atoms with E-state index in [1.807, 2.05) is 25.3 Å². The van der Waals surface area contributed by atoms with Gasteiger partial charge < -0.3 is 15.0 Å². The van der Waals surface area contributed by atoms with E-state index in [-0.39, 0.29) is 0 Å². The van der Waals surface area contributed by atoms with E-state index >= 15 is 0 Å². The summed E-state index contributed by atoms with van der Waals surface area (Å²) in [5.74, 6) is -0.408. The van der Waals surface area contributed by atoms with Gasteiger partial charge in [-0.3, -0.25) is 4.79 Å². The lowest BCUT2D eigenvalue weighted by Gasteiger charge is -2.30. The zero-order valence-electron chi connectivity index (χ0n) is 10.2. The van der Waals surface area contributed by atoms with Crippen LogP contribution in [0.5, 0.6) is 0 Å². The third kappa shape index (κ3) is 2.09. The van der Waals surface area contributed by atoms with Crippen molar-refractivity contribution in [3.8, 4) is 0 Å². The van der Waals surface area contributed by atoms with Crippen LogP contribution in [0, 0.1) is 0 Å². The zero-order chi connectivity index (χ0) is 12.3. The molecule has 1 atom stereocenters. The molecule has 1 aromatic heterocycles. The van der Waals surface area contributed by atoms with E-state index in [1.54, 1.807) is 12.5 Å². The summed E-state index contributed by atoms with van der Waals surface area (Å²) in [7, 11) is 1.34. The van der Waals surface area contributed by atoms with Gasteiger partial charge >= 0.3 is 5.97 Å². The summed E-state index contributed by atoms with van der Waals surface area (Å²) in [6.07, 6.45) is 3.48. The van der Waals surface area contributed by atoms with Crippen LogP contribution in [0.4, 0.5) is 0 Å². The summed E-state index contributed by atoms with van der Waals surface area (Å²) >= 11 is 0. The first kappa shape index (κ1) is 12.7. The normalized spacial score (nSPS) is 13.6. The number of hydrogen-bond donors (Lipinski definition) is 1. The molecule has 0 radical (unpaired) electrons. The highest BCUT2D eigenvalue weighted by Gasteiger charge is 2.36. The fourth-order valence-electron chi connectivity index (χ4n) is 1.69. The van der Waals surface area contributed by atoms with Crippen LogP contribution in [0.2, 0.25) is 0 Å². The van der Waals surface area contributed by atoms with Gasteiger partial charge in [-0.1, -0.05) is 13.8 Å². The lowest BCUT2D eigenvalue weighted by molar-refractivity contribution is -0.143. The van der Waals surface area contributed by atoms with Crippen molar-refractivity contribution in [2.75, 3.05) is 7.11 Å². The second-order valence-corrected chi connectivity index (χ2v) is 4.29. The number of rotatable bonds is 4. The molecule has 0 aromatic carbocycles. The van der Waals surface area contributed by atoms with Crippen LogP contribution in [0.3, 0.4) is 0 Å². The van der Waals surface area contributed by atoms with Crippen LogP contribution in [0.1, 0.15) is 26.5 Å². The maximum absolute atomic E-state index is 11.5. The summed E-state index contributed by atoms with van der Waals surface area (Å²) in [5.41, 5.74) is 6.34. The highest BCUT2D eigenvalue weighted by atomic mass is 16.5. The van der Waals surface area contributed by atoms with Gasteiger partial charge in [-0.2, -0.15) is 0 Å². The molecule has 1 heterocycles. The first-order chi connectivity index (χ1) is 7.45. The van der Waals surface area contributed by atoms with Gasteiger partial charge in [0, 0.05) is 23.9 Å². The highest BCUT2D eigenvalue weighted by molar-refractivity contribution is 5.77. The van der Waals surface area contributed by atoms with Gasteiger partial charge in [-0.25, -0.2) is 4.98 Å². The number of imidazole rings is 1. The molecule has 2 N–H and O–H groups in total. The van der Waals surface area contributed by atoms with Crippen LogP contribution >= 0.6 is 0 Å². The smallest absolute Gasteiger partial charge is 0.323 e. The van der Waals surface area contributed by atoms with Gasteiger partial charge in [0.05, 0.1) is 13.4 Å². The summed E-state index contributed by atoms with van der Waals surface area (Å²) in [4.78, 5) is 15.6. The van der Waals surface area contributed by atoms with Gasteiger partial charge in [0.1, 0.15) is 6.04 Å². The maximum Gasteiger partial charge on any atom is 0.323 e. The molecular weight excluding hydrogens is 206 g/mol. The Labute approximate surface area is 95.6 Å². The molecule has 90 valence electrons. The SMILES string of the molecule is CCn1cncc1C(C)(C)C(N)C(=O)OC. The Morgan fingerprint density at radius 1 is 1.69 bits per heavy atom. The number of aryl methyl sites for hydroxylation is 1. The van der Waals surface area contributed by atoms with Crippen LogP contribution in [0.15, 0.2) is 12.5 Å². The third-order valence-corrected chi connectivity index (χ3v) is 2.95.